The maximum Gasteiger partial charge on any atom is 0.164 e. The quantitative estimate of drug-likeness (QED) is 0.411. The lowest BCUT2D eigenvalue weighted by Crippen LogP contribution is -2.65. The maximum atomic E-state index is 14.2. The van der Waals surface area contributed by atoms with E-state index in [1.807, 2.05) is 27.7 Å². The molecule has 0 bridgehead atoms. The molecule has 0 aliphatic heterocycles. The van der Waals surface area contributed by atoms with Crippen molar-refractivity contribution >= 4 is 17.3 Å². The lowest BCUT2D eigenvalue weighted by Gasteiger charge is -2.64. The standard InChI is InChI=1S/C30H46O7/c1-25(2,36)12-11-21(33)30(8,37)23-19(32)14-27(5)20-10-9-16-17(13-18(31)24(35)26(16,3)4)29(20,7)22(34)15-28(23,27)6/h9,17,19-20,23-24,32,35-37H,10-15H2,1-8H3/t17-,19-,20+,23+,24+,27+,28-,29+,30?/m1/s1. The average Bonchev–Trinajstić information content (AvgIpc) is 2.96. The van der Waals surface area contributed by atoms with Gasteiger partial charge in [-0.25, -0.2) is 0 Å². The second kappa shape index (κ2) is 8.30. The molecule has 0 aromatic carbocycles. The third-order valence-electron chi connectivity index (χ3n) is 11.6. The summed E-state index contributed by atoms with van der Waals surface area (Å²) in [5.41, 5.74) is -5.00. The number of ketones is 3. The Balaban J connectivity index is 1.77. The zero-order valence-corrected chi connectivity index (χ0v) is 23.7. The molecule has 4 rings (SSSR count). The number of aliphatic hydroxyl groups is 4. The minimum absolute atomic E-state index is 0.00750. The van der Waals surface area contributed by atoms with Gasteiger partial charge in [-0.3, -0.25) is 14.4 Å². The Morgan fingerprint density at radius 2 is 1.62 bits per heavy atom. The molecule has 4 aliphatic rings. The molecular weight excluding hydrogens is 472 g/mol. The summed E-state index contributed by atoms with van der Waals surface area (Å²) < 4.78 is 0. The molecule has 0 amide bonds. The number of aliphatic hydroxyl groups excluding tert-OH is 2. The SMILES string of the molecule is CC(C)(O)CCC(=O)C(C)(O)[C@H]1[C@H](O)C[C@@]2(C)[C@@H]3CC=C4[C@@H](CC(=O)[C@H](O)C4(C)C)[C@]3(C)C(=O)C[C@]12C. The van der Waals surface area contributed by atoms with Gasteiger partial charge in [-0.1, -0.05) is 46.3 Å². The molecule has 0 saturated heterocycles. The first-order valence-electron chi connectivity index (χ1n) is 13.8. The molecule has 0 heterocycles. The second-order valence-corrected chi connectivity index (χ2v) is 14.6. The predicted molar refractivity (Wildman–Crippen MR) is 138 cm³/mol. The molecule has 7 nitrogen and oxygen atoms in total. The topological polar surface area (TPSA) is 132 Å². The van der Waals surface area contributed by atoms with Gasteiger partial charge in [-0.15, -0.1) is 0 Å². The van der Waals surface area contributed by atoms with E-state index >= 15 is 0 Å². The molecular formula is C30H46O7. The van der Waals surface area contributed by atoms with Crippen molar-refractivity contribution in [2.24, 2.45) is 39.4 Å². The zero-order chi connectivity index (χ0) is 28.1. The van der Waals surface area contributed by atoms with Crippen LogP contribution in [0.1, 0.15) is 93.9 Å². The zero-order valence-electron chi connectivity index (χ0n) is 23.7. The number of carbonyl (C=O) groups excluding carboxylic acids is 3. The summed E-state index contributed by atoms with van der Waals surface area (Å²) in [5.74, 6) is -2.05. The molecule has 0 aromatic heterocycles. The van der Waals surface area contributed by atoms with Crippen LogP contribution in [0, 0.1) is 39.4 Å². The van der Waals surface area contributed by atoms with Gasteiger partial charge in [-0.2, -0.15) is 0 Å². The Hall–Kier alpha value is -1.41. The molecule has 4 N–H and O–H groups in total. The Morgan fingerprint density at radius 1 is 1.03 bits per heavy atom. The fourth-order valence-electron chi connectivity index (χ4n) is 9.20. The van der Waals surface area contributed by atoms with Crippen molar-refractivity contribution in [3.05, 3.63) is 11.6 Å². The number of rotatable bonds is 5. The van der Waals surface area contributed by atoms with Gasteiger partial charge in [-0.05, 0) is 62.7 Å². The van der Waals surface area contributed by atoms with Gasteiger partial charge in [0.15, 0.2) is 11.6 Å². The molecule has 1 unspecified atom stereocenters. The van der Waals surface area contributed by atoms with Gasteiger partial charge in [0, 0.05) is 36.0 Å². The monoisotopic (exact) mass is 518 g/mol. The second-order valence-electron chi connectivity index (χ2n) is 14.6. The molecule has 3 saturated carbocycles. The van der Waals surface area contributed by atoms with Crippen LogP contribution in [-0.4, -0.2) is 61.2 Å². The number of fused-ring (bicyclic) bond motifs is 5. The maximum absolute atomic E-state index is 14.2. The summed E-state index contributed by atoms with van der Waals surface area (Å²) in [6.45, 7) is 14.4. The smallest absolute Gasteiger partial charge is 0.164 e. The predicted octanol–water partition coefficient (Wildman–Crippen LogP) is 3.15. The number of carbonyl (C=O) groups is 3. The van der Waals surface area contributed by atoms with E-state index < -0.39 is 56.8 Å². The third-order valence-corrected chi connectivity index (χ3v) is 11.6. The van der Waals surface area contributed by atoms with E-state index in [-0.39, 0.29) is 49.1 Å². The summed E-state index contributed by atoms with van der Waals surface area (Å²) in [7, 11) is 0. The summed E-state index contributed by atoms with van der Waals surface area (Å²) >= 11 is 0. The average molecular weight is 519 g/mol. The van der Waals surface area contributed by atoms with E-state index in [1.165, 1.54) is 6.92 Å². The van der Waals surface area contributed by atoms with Crippen molar-refractivity contribution in [2.75, 3.05) is 0 Å². The highest BCUT2D eigenvalue weighted by Crippen LogP contribution is 2.74. The van der Waals surface area contributed by atoms with Gasteiger partial charge in [0.05, 0.1) is 11.7 Å². The van der Waals surface area contributed by atoms with Crippen LogP contribution in [0.2, 0.25) is 0 Å². The van der Waals surface area contributed by atoms with Crippen LogP contribution in [0.5, 0.6) is 0 Å². The molecule has 0 aromatic rings. The minimum atomic E-state index is -1.87. The van der Waals surface area contributed by atoms with Crippen molar-refractivity contribution in [1.29, 1.82) is 0 Å². The first-order valence-corrected chi connectivity index (χ1v) is 13.8. The van der Waals surface area contributed by atoms with E-state index in [2.05, 4.69) is 13.0 Å². The van der Waals surface area contributed by atoms with Crippen molar-refractivity contribution in [1.82, 2.24) is 0 Å². The summed E-state index contributed by atoms with van der Waals surface area (Å²) in [6.07, 6.45) is 1.28. The molecule has 37 heavy (non-hydrogen) atoms. The van der Waals surface area contributed by atoms with Crippen molar-refractivity contribution in [3.63, 3.8) is 0 Å². The van der Waals surface area contributed by atoms with E-state index in [9.17, 15) is 34.8 Å². The minimum Gasteiger partial charge on any atom is -0.393 e. The first-order chi connectivity index (χ1) is 16.7. The van der Waals surface area contributed by atoms with Crippen LogP contribution in [0.3, 0.4) is 0 Å². The molecule has 4 aliphatic carbocycles. The van der Waals surface area contributed by atoms with Gasteiger partial charge < -0.3 is 20.4 Å². The van der Waals surface area contributed by atoms with Gasteiger partial charge >= 0.3 is 0 Å². The number of Topliss-reactive ketones (excluding diaryl/α,β-unsaturated/α-hetero) is 3. The van der Waals surface area contributed by atoms with Crippen molar-refractivity contribution in [3.8, 4) is 0 Å². The summed E-state index contributed by atoms with van der Waals surface area (Å²) in [5, 5.41) is 43.9. The van der Waals surface area contributed by atoms with E-state index in [0.29, 0.717) is 12.8 Å². The van der Waals surface area contributed by atoms with Crippen LogP contribution in [0.4, 0.5) is 0 Å². The Labute approximate surface area is 220 Å². The lowest BCUT2D eigenvalue weighted by molar-refractivity contribution is -0.184. The van der Waals surface area contributed by atoms with Crippen LogP contribution in [0.15, 0.2) is 11.6 Å². The van der Waals surface area contributed by atoms with E-state index in [0.717, 1.165) is 5.57 Å². The van der Waals surface area contributed by atoms with Crippen molar-refractivity contribution in [2.45, 2.75) is 117 Å². The van der Waals surface area contributed by atoms with Crippen LogP contribution in [0.25, 0.3) is 0 Å². The van der Waals surface area contributed by atoms with Crippen molar-refractivity contribution < 1.29 is 34.8 Å². The van der Waals surface area contributed by atoms with E-state index in [1.54, 1.807) is 13.8 Å². The fraction of sp³-hybridized carbons (Fsp3) is 0.833. The summed E-state index contributed by atoms with van der Waals surface area (Å²) in [4.78, 5) is 40.4. The molecule has 7 heteroatoms. The Kier molecular flexibility index (Phi) is 6.41. The highest BCUT2D eigenvalue weighted by atomic mass is 16.3. The number of hydrogen-bond acceptors (Lipinski definition) is 7. The largest absolute Gasteiger partial charge is 0.393 e. The molecule has 0 spiro atoms. The van der Waals surface area contributed by atoms with E-state index in [4.69, 9.17) is 0 Å². The lowest BCUT2D eigenvalue weighted by atomic mass is 9.38. The molecule has 208 valence electrons. The van der Waals surface area contributed by atoms with Crippen LogP contribution >= 0.6 is 0 Å². The number of hydrogen-bond donors (Lipinski definition) is 4. The highest BCUT2D eigenvalue weighted by Gasteiger charge is 2.74. The molecule has 9 atom stereocenters. The van der Waals surface area contributed by atoms with Crippen LogP contribution in [-0.2, 0) is 14.4 Å². The normalized spacial score (nSPS) is 44.9. The van der Waals surface area contributed by atoms with Gasteiger partial charge in [0.1, 0.15) is 17.5 Å². The number of allylic oxidation sites excluding steroid dienone is 1. The first kappa shape index (κ1) is 28.6. The Bertz CT molecular complexity index is 1050. The third kappa shape index (κ3) is 3.78. The van der Waals surface area contributed by atoms with Gasteiger partial charge in [0.25, 0.3) is 0 Å². The Morgan fingerprint density at radius 3 is 2.19 bits per heavy atom. The van der Waals surface area contributed by atoms with Crippen LogP contribution < -0.4 is 0 Å². The highest BCUT2D eigenvalue weighted by molar-refractivity contribution is 5.93. The summed E-state index contributed by atoms with van der Waals surface area (Å²) in [6, 6.07) is 0. The molecule has 0 radical (unpaired) electrons. The molecule has 3 fully saturated rings. The fourth-order valence-corrected chi connectivity index (χ4v) is 9.20. The van der Waals surface area contributed by atoms with Gasteiger partial charge in [0.2, 0.25) is 0 Å².